The second-order valence-corrected chi connectivity index (χ2v) is 7.64. The van der Waals surface area contributed by atoms with E-state index in [1.807, 2.05) is 46.0 Å². The molecule has 1 amide bonds. The van der Waals surface area contributed by atoms with Gasteiger partial charge in [-0.2, -0.15) is 0 Å². The van der Waals surface area contributed by atoms with Crippen molar-refractivity contribution in [2.75, 3.05) is 13.7 Å². The van der Waals surface area contributed by atoms with Crippen LogP contribution >= 0.6 is 0 Å². The first-order chi connectivity index (χ1) is 11.8. The SMILES string of the molecule is CCOC1CC(N)(C(=O)N(C)Cc2cccc3ccccc23)C1(C)C. The molecular formula is C21H28N2O2. The van der Waals surface area contributed by atoms with E-state index in [-0.39, 0.29) is 17.4 Å². The van der Waals surface area contributed by atoms with Gasteiger partial charge in [0.1, 0.15) is 5.54 Å². The fourth-order valence-corrected chi connectivity index (χ4v) is 3.90. The number of rotatable bonds is 5. The Labute approximate surface area is 149 Å². The zero-order chi connectivity index (χ0) is 18.2. The van der Waals surface area contributed by atoms with Crippen LogP contribution in [-0.2, 0) is 16.1 Å². The lowest BCUT2D eigenvalue weighted by molar-refractivity contribution is -0.178. The van der Waals surface area contributed by atoms with Crippen molar-refractivity contribution in [2.24, 2.45) is 11.1 Å². The number of carbonyl (C=O) groups is 1. The van der Waals surface area contributed by atoms with Crippen molar-refractivity contribution in [3.05, 3.63) is 48.0 Å². The van der Waals surface area contributed by atoms with Crippen LogP contribution < -0.4 is 5.73 Å². The summed E-state index contributed by atoms with van der Waals surface area (Å²) in [5.74, 6) is -0.0126. The lowest BCUT2D eigenvalue weighted by Crippen LogP contribution is -2.75. The van der Waals surface area contributed by atoms with Crippen LogP contribution in [0.5, 0.6) is 0 Å². The van der Waals surface area contributed by atoms with Gasteiger partial charge in [0.25, 0.3) is 0 Å². The fourth-order valence-electron chi connectivity index (χ4n) is 3.90. The van der Waals surface area contributed by atoms with Crippen molar-refractivity contribution >= 4 is 16.7 Å². The molecule has 0 heterocycles. The van der Waals surface area contributed by atoms with Crippen molar-refractivity contribution in [1.82, 2.24) is 4.90 Å². The summed E-state index contributed by atoms with van der Waals surface area (Å²) < 4.78 is 5.74. The van der Waals surface area contributed by atoms with E-state index >= 15 is 0 Å². The van der Waals surface area contributed by atoms with Gasteiger partial charge in [-0.25, -0.2) is 0 Å². The summed E-state index contributed by atoms with van der Waals surface area (Å²) in [5.41, 5.74) is 6.44. The normalized spacial score (nSPS) is 24.8. The Balaban J connectivity index is 1.79. The summed E-state index contributed by atoms with van der Waals surface area (Å²) in [7, 11) is 1.84. The highest BCUT2D eigenvalue weighted by Gasteiger charge is 2.63. The summed E-state index contributed by atoms with van der Waals surface area (Å²) in [4.78, 5) is 14.9. The molecule has 0 bridgehead atoms. The van der Waals surface area contributed by atoms with Gasteiger partial charge < -0.3 is 15.4 Å². The zero-order valence-electron chi connectivity index (χ0n) is 15.6. The minimum absolute atomic E-state index is 0.0126. The van der Waals surface area contributed by atoms with Crippen LogP contribution in [0, 0.1) is 5.41 Å². The first-order valence-electron chi connectivity index (χ1n) is 8.94. The molecule has 0 saturated heterocycles. The highest BCUT2D eigenvalue weighted by atomic mass is 16.5. The number of nitrogens with two attached hydrogens (primary N) is 1. The molecule has 0 radical (unpaired) electrons. The number of nitrogens with zero attached hydrogens (tertiary/aromatic N) is 1. The maximum absolute atomic E-state index is 13.1. The van der Waals surface area contributed by atoms with Gasteiger partial charge in [0, 0.05) is 32.0 Å². The molecule has 1 aliphatic carbocycles. The third-order valence-corrected chi connectivity index (χ3v) is 5.85. The summed E-state index contributed by atoms with van der Waals surface area (Å²) in [5, 5.41) is 2.36. The average Bonchev–Trinajstić information content (AvgIpc) is 2.61. The summed E-state index contributed by atoms with van der Waals surface area (Å²) >= 11 is 0. The van der Waals surface area contributed by atoms with Crippen LogP contribution in [0.15, 0.2) is 42.5 Å². The largest absolute Gasteiger partial charge is 0.378 e. The maximum Gasteiger partial charge on any atom is 0.243 e. The van der Waals surface area contributed by atoms with Crippen LogP contribution in [0.4, 0.5) is 0 Å². The second-order valence-electron chi connectivity index (χ2n) is 7.64. The van der Waals surface area contributed by atoms with Gasteiger partial charge in [-0.3, -0.25) is 4.79 Å². The second kappa shape index (κ2) is 6.43. The molecule has 2 aromatic carbocycles. The minimum Gasteiger partial charge on any atom is -0.378 e. The van der Waals surface area contributed by atoms with E-state index in [1.54, 1.807) is 4.90 Å². The number of benzene rings is 2. The Kier molecular flexibility index (Phi) is 4.60. The fraction of sp³-hybridized carbons (Fsp3) is 0.476. The summed E-state index contributed by atoms with van der Waals surface area (Å²) in [6, 6.07) is 14.4. The number of ether oxygens (including phenoxy) is 1. The lowest BCUT2D eigenvalue weighted by atomic mass is 9.54. The Morgan fingerprint density at radius 1 is 1.24 bits per heavy atom. The molecule has 3 rings (SSSR count). The molecule has 1 fully saturated rings. The molecule has 1 aliphatic rings. The van der Waals surface area contributed by atoms with Crippen LogP contribution in [0.3, 0.4) is 0 Å². The maximum atomic E-state index is 13.1. The highest BCUT2D eigenvalue weighted by Crippen LogP contribution is 2.50. The molecule has 4 nitrogen and oxygen atoms in total. The van der Waals surface area contributed by atoms with Crippen molar-refractivity contribution in [3.63, 3.8) is 0 Å². The molecule has 0 aliphatic heterocycles. The van der Waals surface area contributed by atoms with Crippen molar-refractivity contribution < 1.29 is 9.53 Å². The number of fused-ring (bicyclic) bond motifs is 1. The molecule has 0 aromatic heterocycles. The van der Waals surface area contributed by atoms with E-state index in [9.17, 15) is 4.79 Å². The number of likely N-dealkylation sites (N-methyl/N-ethyl adjacent to an activating group) is 1. The first-order valence-corrected chi connectivity index (χ1v) is 8.94. The molecule has 2 N–H and O–H groups in total. The van der Waals surface area contributed by atoms with E-state index in [1.165, 1.54) is 10.8 Å². The molecule has 0 spiro atoms. The molecule has 1 saturated carbocycles. The van der Waals surface area contributed by atoms with E-state index in [0.29, 0.717) is 19.6 Å². The number of hydrogen-bond donors (Lipinski definition) is 1. The molecule has 134 valence electrons. The van der Waals surface area contributed by atoms with Crippen molar-refractivity contribution in [1.29, 1.82) is 0 Å². The van der Waals surface area contributed by atoms with Crippen LogP contribution in [0.1, 0.15) is 32.8 Å². The quantitative estimate of drug-likeness (QED) is 0.908. The Morgan fingerprint density at radius 2 is 1.92 bits per heavy atom. The standard InChI is InChI=1S/C21H28N2O2/c1-5-25-18-13-21(22,20(18,2)3)19(24)23(4)14-16-11-8-10-15-9-6-7-12-17(15)16/h6-12,18H,5,13-14,22H2,1-4H3. The zero-order valence-corrected chi connectivity index (χ0v) is 15.6. The third kappa shape index (κ3) is 2.83. The lowest BCUT2D eigenvalue weighted by Gasteiger charge is -2.58. The number of hydrogen-bond acceptors (Lipinski definition) is 3. The Bertz CT molecular complexity index is 781. The van der Waals surface area contributed by atoms with Gasteiger partial charge in [-0.1, -0.05) is 56.3 Å². The number of amides is 1. The first kappa shape index (κ1) is 17.9. The predicted octanol–water partition coefficient (Wildman–Crippen LogP) is 3.33. The van der Waals surface area contributed by atoms with Gasteiger partial charge in [0.05, 0.1) is 6.10 Å². The molecule has 25 heavy (non-hydrogen) atoms. The summed E-state index contributed by atoms with van der Waals surface area (Å²) in [6.07, 6.45) is 0.615. The van der Waals surface area contributed by atoms with E-state index in [2.05, 4.69) is 24.3 Å². The van der Waals surface area contributed by atoms with Crippen molar-refractivity contribution in [2.45, 2.75) is 45.4 Å². The monoisotopic (exact) mass is 340 g/mol. The van der Waals surface area contributed by atoms with Crippen LogP contribution in [0.2, 0.25) is 0 Å². The highest BCUT2D eigenvalue weighted by molar-refractivity contribution is 5.90. The van der Waals surface area contributed by atoms with Gasteiger partial charge in [-0.15, -0.1) is 0 Å². The van der Waals surface area contributed by atoms with Gasteiger partial charge in [0.2, 0.25) is 5.91 Å². The molecule has 4 heteroatoms. The third-order valence-electron chi connectivity index (χ3n) is 5.85. The van der Waals surface area contributed by atoms with Crippen molar-refractivity contribution in [3.8, 4) is 0 Å². The molecule has 2 aromatic rings. The Morgan fingerprint density at radius 3 is 2.60 bits per heavy atom. The van der Waals surface area contributed by atoms with Gasteiger partial charge in [0.15, 0.2) is 0 Å². The van der Waals surface area contributed by atoms with E-state index in [0.717, 1.165) is 5.56 Å². The minimum atomic E-state index is -0.869. The Hall–Kier alpha value is -1.91. The molecule has 2 unspecified atom stereocenters. The van der Waals surface area contributed by atoms with Gasteiger partial charge in [-0.05, 0) is 23.3 Å². The smallest absolute Gasteiger partial charge is 0.243 e. The van der Waals surface area contributed by atoms with E-state index < -0.39 is 5.54 Å². The predicted molar refractivity (Wildman–Crippen MR) is 101 cm³/mol. The topological polar surface area (TPSA) is 55.6 Å². The van der Waals surface area contributed by atoms with Gasteiger partial charge >= 0.3 is 0 Å². The van der Waals surface area contributed by atoms with Crippen LogP contribution in [-0.4, -0.2) is 36.1 Å². The van der Waals surface area contributed by atoms with E-state index in [4.69, 9.17) is 10.5 Å². The molecule has 2 atom stereocenters. The average molecular weight is 340 g/mol. The molecular weight excluding hydrogens is 312 g/mol. The number of carbonyl (C=O) groups excluding carboxylic acids is 1. The summed E-state index contributed by atoms with van der Waals surface area (Å²) in [6.45, 7) is 7.22. The van der Waals surface area contributed by atoms with Crippen LogP contribution in [0.25, 0.3) is 10.8 Å².